The van der Waals surface area contributed by atoms with Crippen LogP contribution in [0.15, 0.2) is 18.2 Å². The van der Waals surface area contributed by atoms with Crippen molar-refractivity contribution in [1.29, 1.82) is 0 Å². The van der Waals surface area contributed by atoms with E-state index in [0.29, 0.717) is 6.42 Å². The molecule has 0 aliphatic rings. The summed E-state index contributed by atoms with van der Waals surface area (Å²) in [6, 6.07) is 6.08. The second-order valence-electron chi connectivity index (χ2n) is 4.42. The van der Waals surface area contributed by atoms with Gasteiger partial charge in [-0.3, -0.25) is 4.79 Å². The summed E-state index contributed by atoms with van der Waals surface area (Å²) in [5.74, 6) is 0.0682. The highest BCUT2D eigenvalue weighted by Gasteiger charge is 2.02. The number of carbonyl (C=O) groups excluding carboxylic acids is 1. The van der Waals surface area contributed by atoms with Crippen molar-refractivity contribution in [2.75, 3.05) is 18.4 Å². The molecule has 94 valence electrons. The minimum atomic E-state index is 0.0682. The largest absolute Gasteiger partial charge is 0.326 e. The van der Waals surface area contributed by atoms with Gasteiger partial charge in [-0.05, 0) is 50.1 Å². The summed E-state index contributed by atoms with van der Waals surface area (Å²) in [6.07, 6.45) is 1.62. The van der Waals surface area contributed by atoms with Crippen molar-refractivity contribution in [2.45, 2.75) is 33.6 Å². The Bertz CT molecular complexity index is 354. The highest BCUT2D eigenvalue weighted by Crippen LogP contribution is 2.13. The predicted molar refractivity (Wildman–Crippen MR) is 72.3 cm³/mol. The lowest BCUT2D eigenvalue weighted by Crippen LogP contribution is -2.22. The van der Waals surface area contributed by atoms with Gasteiger partial charge in [-0.1, -0.05) is 13.0 Å². The first kappa shape index (κ1) is 13.7. The van der Waals surface area contributed by atoms with Gasteiger partial charge >= 0.3 is 0 Å². The van der Waals surface area contributed by atoms with E-state index in [1.165, 1.54) is 11.1 Å². The molecule has 0 heterocycles. The normalized spacial score (nSPS) is 10.3. The van der Waals surface area contributed by atoms with Gasteiger partial charge in [0.25, 0.3) is 0 Å². The minimum Gasteiger partial charge on any atom is -0.326 e. The van der Waals surface area contributed by atoms with E-state index in [4.69, 9.17) is 0 Å². The van der Waals surface area contributed by atoms with Crippen molar-refractivity contribution in [2.24, 2.45) is 0 Å². The van der Waals surface area contributed by atoms with Crippen LogP contribution >= 0.6 is 0 Å². The first-order chi connectivity index (χ1) is 8.11. The van der Waals surface area contributed by atoms with Gasteiger partial charge in [0, 0.05) is 18.7 Å². The molecule has 0 spiro atoms. The van der Waals surface area contributed by atoms with E-state index in [1.807, 2.05) is 26.0 Å². The molecule has 17 heavy (non-hydrogen) atoms. The highest BCUT2D eigenvalue weighted by atomic mass is 16.1. The smallest absolute Gasteiger partial charge is 0.225 e. The van der Waals surface area contributed by atoms with Gasteiger partial charge in [0.1, 0.15) is 0 Å². The van der Waals surface area contributed by atoms with E-state index in [1.54, 1.807) is 0 Å². The molecule has 3 heteroatoms. The van der Waals surface area contributed by atoms with Crippen molar-refractivity contribution in [3.63, 3.8) is 0 Å². The number of aryl methyl sites for hydroxylation is 2. The van der Waals surface area contributed by atoms with E-state index in [-0.39, 0.29) is 5.91 Å². The molecule has 0 bridgehead atoms. The monoisotopic (exact) mass is 234 g/mol. The number of anilines is 1. The molecule has 3 nitrogen and oxygen atoms in total. The fourth-order valence-corrected chi connectivity index (χ4v) is 1.77. The Morgan fingerprint density at radius 1 is 1.12 bits per heavy atom. The molecule has 0 atom stereocenters. The maximum Gasteiger partial charge on any atom is 0.225 e. The molecular formula is C14H22N2O. The quantitative estimate of drug-likeness (QED) is 0.743. The maximum absolute atomic E-state index is 11.6. The van der Waals surface area contributed by atoms with Crippen LogP contribution in [-0.4, -0.2) is 19.0 Å². The lowest BCUT2D eigenvalue weighted by Gasteiger charge is -2.08. The Kier molecular flexibility index (Phi) is 5.70. The molecule has 0 saturated carbocycles. The average molecular weight is 234 g/mol. The molecule has 1 aromatic rings. The molecule has 0 aromatic heterocycles. The fraction of sp³-hybridized carbons (Fsp3) is 0.500. The van der Waals surface area contributed by atoms with Gasteiger partial charge in [-0.15, -0.1) is 0 Å². The first-order valence-electron chi connectivity index (χ1n) is 6.20. The molecule has 0 fully saturated rings. The lowest BCUT2D eigenvalue weighted by atomic mass is 10.1. The van der Waals surface area contributed by atoms with E-state index in [0.717, 1.165) is 25.2 Å². The second kappa shape index (κ2) is 7.07. The Morgan fingerprint density at radius 2 is 1.76 bits per heavy atom. The summed E-state index contributed by atoms with van der Waals surface area (Å²) < 4.78 is 0. The van der Waals surface area contributed by atoms with Crippen LogP contribution in [0.2, 0.25) is 0 Å². The average Bonchev–Trinajstić information content (AvgIpc) is 2.23. The molecule has 0 aliphatic heterocycles. The predicted octanol–water partition coefficient (Wildman–Crippen LogP) is 2.63. The van der Waals surface area contributed by atoms with Crippen LogP contribution in [0.4, 0.5) is 5.69 Å². The zero-order chi connectivity index (χ0) is 12.7. The number of nitrogens with one attached hydrogen (secondary N) is 2. The first-order valence-corrected chi connectivity index (χ1v) is 6.20. The van der Waals surface area contributed by atoms with Gasteiger partial charge in [-0.25, -0.2) is 0 Å². The summed E-state index contributed by atoms with van der Waals surface area (Å²) in [7, 11) is 0. The van der Waals surface area contributed by atoms with Gasteiger partial charge < -0.3 is 10.6 Å². The Hall–Kier alpha value is -1.35. The zero-order valence-electron chi connectivity index (χ0n) is 11.0. The number of hydrogen-bond donors (Lipinski definition) is 2. The number of benzene rings is 1. The topological polar surface area (TPSA) is 41.1 Å². The number of amides is 1. The molecule has 2 N–H and O–H groups in total. The maximum atomic E-state index is 11.6. The third-order valence-electron chi connectivity index (χ3n) is 2.46. The molecule has 0 radical (unpaired) electrons. The van der Waals surface area contributed by atoms with Crippen LogP contribution in [0.1, 0.15) is 30.9 Å². The Morgan fingerprint density at radius 3 is 2.35 bits per heavy atom. The van der Waals surface area contributed by atoms with Crippen LogP contribution in [0.25, 0.3) is 0 Å². The van der Waals surface area contributed by atoms with Crippen molar-refractivity contribution < 1.29 is 4.79 Å². The zero-order valence-corrected chi connectivity index (χ0v) is 11.0. The van der Waals surface area contributed by atoms with Crippen molar-refractivity contribution in [1.82, 2.24) is 5.32 Å². The molecule has 1 rings (SSSR count). The fourth-order valence-electron chi connectivity index (χ4n) is 1.77. The number of hydrogen-bond acceptors (Lipinski definition) is 2. The van der Waals surface area contributed by atoms with Crippen LogP contribution in [0, 0.1) is 13.8 Å². The van der Waals surface area contributed by atoms with E-state index < -0.39 is 0 Å². The number of carbonyl (C=O) groups is 1. The van der Waals surface area contributed by atoms with Crippen molar-refractivity contribution in [3.05, 3.63) is 29.3 Å². The van der Waals surface area contributed by atoms with Gasteiger partial charge in [-0.2, -0.15) is 0 Å². The van der Waals surface area contributed by atoms with Crippen LogP contribution in [0.3, 0.4) is 0 Å². The van der Waals surface area contributed by atoms with Crippen LogP contribution in [-0.2, 0) is 4.79 Å². The summed E-state index contributed by atoms with van der Waals surface area (Å²) >= 11 is 0. The molecular weight excluding hydrogens is 212 g/mol. The standard InChI is InChI=1S/C14H22N2O/c1-4-6-15-7-5-14(17)16-13-9-11(2)8-12(3)10-13/h8-10,15H,4-7H2,1-3H3,(H,16,17). The number of rotatable bonds is 6. The van der Waals surface area contributed by atoms with Crippen LogP contribution in [0.5, 0.6) is 0 Å². The molecule has 1 amide bonds. The second-order valence-corrected chi connectivity index (χ2v) is 4.42. The van der Waals surface area contributed by atoms with Crippen molar-refractivity contribution >= 4 is 11.6 Å². The van der Waals surface area contributed by atoms with Crippen molar-refractivity contribution in [3.8, 4) is 0 Å². The summed E-state index contributed by atoms with van der Waals surface area (Å²) in [5, 5.41) is 6.14. The Balaban J connectivity index is 2.39. The molecule has 0 unspecified atom stereocenters. The van der Waals surface area contributed by atoms with Gasteiger partial charge in [0.15, 0.2) is 0 Å². The molecule has 0 aliphatic carbocycles. The molecule has 0 saturated heterocycles. The van der Waals surface area contributed by atoms with E-state index >= 15 is 0 Å². The Labute approximate surface area is 104 Å². The third-order valence-corrected chi connectivity index (χ3v) is 2.46. The van der Waals surface area contributed by atoms with Crippen LogP contribution < -0.4 is 10.6 Å². The SMILES string of the molecule is CCCNCCC(=O)Nc1cc(C)cc(C)c1. The van der Waals surface area contributed by atoms with E-state index in [2.05, 4.69) is 23.6 Å². The molecule has 1 aromatic carbocycles. The van der Waals surface area contributed by atoms with E-state index in [9.17, 15) is 4.79 Å². The summed E-state index contributed by atoms with van der Waals surface area (Å²) in [4.78, 5) is 11.6. The van der Waals surface area contributed by atoms with Gasteiger partial charge in [0.2, 0.25) is 5.91 Å². The summed E-state index contributed by atoms with van der Waals surface area (Å²) in [6.45, 7) is 7.89. The minimum absolute atomic E-state index is 0.0682. The lowest BCUT2D eigenvalue weighted by molar-refractivity contribution is -0.116. The third kappa shape index (κ3) is 5.50. The summed E-state index contributed by atoms with van der Waals surface area (Å²) in [5.41, 5.74) is 3.23. The highest BCUT2D eigenvalue weighted by molar-refractivity contribution is 5.91. The van der Waals surface area contributed by atoms with Gasteiger partial charge in [0.05, 0.1) is 0 Å².